The van der Waals surface area contributed by atoms with Crippen LogP contribution >= 0.6 is 24.8 Å². The van der Waals surface area contributed by atoms with Gasteiger partial charge in [-0.1, -0.05) is 56.3 Å². The van der Waals surface area contributed by atoms with E-state index in [1.165, 1.54) is 0 Å². The average molecular weight is 382 g/mol. The van der Waals surface area contributed by atoms with Gasteiger partial charge in [0.1, 0.15) is 12.1 Å². The van der Waals surface area contributed by atoms with Crippen molar-refractivity contribution in [2.24, 2.45) is 0 Å². The Kier molecular flexibility index (Phi) is 8.76. The van der Waals surface area contributed by atoms with E-state index in [1.807, 2.05) is 47.2 Å². The van der Waals surface area contributed by atoms with Crippen LogP contribution in [0.1, 0.15) is 13.8 Å². The summed E-state index contributed by atoms with van der Waals surface area (Å²) in [6.45, 7) is 7.97. The number of benzene rings is 2. The molecule has 0 bridgehead atoms. The molecule has 0 amide bonds. The van der Waals surface area contributed by atoms with Crippen molar-refractivity contribution in [2.45, 2.75) is 13.8 Å². The molecule has 3 rings (SSSR count). The summed E-state index contributed by atoms with van der Waals surface area (Å²) in [7, 11) is 0. The Balaban J connectivity index is 0.00000156. The Morgan fingerprint density at radius 3 is 2.24 bits per heavy atom. The largest absolute Gasteiger partial charge is 0.410 e. The van der Waals surface area contributed by atoms with Crippen molar-refractivity contribution < 1.29 is 4.84 Å². The fourth-order valence-corrected chi connectivity index (χ4v) is 2.70. The van der Waals surface area contributed by atoms with Crippen molar-refractivity contribution in [3.05, 3.63) is 54.6 Å². The van der Waals surface area contributed by atoms with Crippen molar-refractivity contribution in [1.29, 1.82) is 0 Å². The van der Waals surface area contributed by atoms with Gasteiger partial charge in [0.15, 0.2) is 5.82 Å². The van der Waals surface area contributed by atoms with Gasteiger partial charge in [0.05, 0.1) is 5.52 Å². The van der Waals surface area contributed by atoms with Crippen LogP contribution in [-0.4, -0.2) is 40.9 Å². The van der Waals surface area contributed by atoms with E-state index in [9.17, 15) is 0 Å². The molecule has 2 aromatic carbocycles. The third kappa shape index (κ3) is 4.88. The number of para-hydroxylation sites is 2. The van der Waals surface area contributed by atoms with Gasteiger partial charge in [-0.3, -0.25) is 0 Å². The highest BCUT2D eigenvalue weighted by atomic mass is 35.5. The first-order valence-electron chi connectivity index (χ1n) is 8.22. The number of fused-ring (bicyclic) bond motifs is 1. The van der Waals surface area contributed by atoms with Gasteiger partial charge in [0.2, 0.25) is 0 Å². The molecule has 0 unspecified atom stereocenters. The third-order valence-corrected chi connectivity index (χ3v) is 4.07. The van der Waals surface area contributed by atoms with Crippen molar-refractivity contribution >= 4 is 35.8 Å². The standard InChI is InChI=1S/C19H23N3O.2ClH/c1-3-21(4-2)14-15-23-22-18-13-9-8-12-17(18)20-19(22)16-10-6-5-7-11-16;;/h5-13H,3-4,14-15H2,1-2H3;2*1H. The van der Waals surface area contributed by atoms with Crippen LogP contribution in [0.15, 0.2) is 54.6 Å². The number of hydrogen-bond acceptors (Lipinski definition) is 3. The molecule has 0 radical (unpaired) electrons. The number of rotatable bonds is 7. The number of imidazole rings is 1. The topological polar surface area (TPSA) is 30.3 Å². The highest BCUT2D eigenvalue weighted by Gasteiger charge is 2.13. The van der Waals surface area contributed by atoms with Crippen LogP contribution in [0.5, 0.6) is 0 Å². The SMILES string of the molecule is CCN(CC)CCOn1c(-c2ccccc2)nc2ccccc21.Cl.Cl. The smallest absolute Gasteiger partial charge is 0.176 e. The maximum Gasteiger partial charge on any atom is 0.176 e. The van der Waals surface area contributed by atoms with Crippen molar-refractivity contribution in [2.75, 3.05) is 26.2 Å². The number of likely N-dealkylation sites (N-methyl/N-ethyl adjacent to an activating group) is 1. The molecule has 3 aromatic rings. The van der Waals surface area contributed by atoms with Gasteiger partial charge in [-0.2, -0.15) is 4.73 Å². The van der Waals surface area contributed by atoms with E-state index in [-0.39, 0.29) is 24.8 Å². The van der Waals surface area contributed by atoms with Crippen LogP contribution in [0.4, 0.5) is 0 Å². The summed E-state index contributed by atoms with van der Waals surface area (Å²) in [6, 6.07) is 18.3. The molecule has 0 fully saturated rings. The van der Waals surface area contributed by atoms with E-state index in [4.69, 9.17) is 9.82 Å². The van der Waals surface area contributed by atoms with Gasteiger partial charge in [0.25, 0.3) is 0 Å². The zero-order valence-corrected chi connectivity index (χ0v) is 16.2. The van der Waals surface area contributed by atoms with Crippen LogP contribution in [0.25, 0.3) is 22.4 Å². The van der Waals surface area contributed by atoms with Gasteiger partial charge in [-0.15, -0.1) is 24.8 Å². The summed E-state index contributed by atoms with van der Waals surface area (Å²) >= 11 is 0. The van der Waals surface area contributed by atoms with Gasteiger partial charge in [0, 0.05) is 12.1 Å². The molecule has 4 nitrogen and oxygen atoms in total. The monoisotopic (exact) mass is 381 g/mol. The zero-order valence-electron chi connectivity index (χ0n) is 14.6. The predicted molar refractivity (Wildman–Crippen MR) is 109 cm³/mol. The molecule has 0 saturated heterocycles. The lowest BCUT2D eigenvalue weighted by Gasteiger charge is -2.18. The molecule has 0 atom stereocenters. The second kappa shape index (κ2) is 10.3. The molecule has 1 heterocycles. The average Bonchev–Trinajstić information content (AvgIpc) is 2.98. The molecule has 0 aliphatic carbocycles. The first-order chi connectivity index (χ1) is 11.3. The van der Waals surface area contributed by atoms with Gasteiger partial charge in [-0.25, -0.2) is 4.98 Å². The minimum absolute atomic E-state index is 0. The summed E-state index contributed by atoms with van der Waals surface area (Å²) in [6.07, 6.45) is 0. The fraction of sp³-hybridized carbons (Fsp3) is 0.316. The van der Waals surface area contributed by atoms with E-state index in [1.54, 1.807) is 0 Å². The molecule has 25 heavy (non-hydrogen) atoms. The summed E-state index contributed by atoms with van der Waals surface area (Å²) in [5.74, 6) is 0.853. The normalized spacial score (nSPS) is 10.4. The van der Waals surface area contributed by atoms with Gasteiger partial charge in [-0.05, 0) is 25.2 Å². The molecule has 136 valence electrons. The summed E-state index contributed by atoms with van der Waals surface area (Å²) in [4.78, 5) is 13.2. The summed E-state index contributed by atoms with van der Waals surface area (Å²) in [5, 5.41) is 0. The molecule has 0 N–H and O–H groups in total. The van der Waals surface area contributed by atoms with Crippen LogP contribution in [0.2, 0.25) is 0 Å². The Morgan fingerprint density at radius 1 is 0.920 bits per heavy atom. The van der Waals surface area contributed by atoms with E-state index in [0.29, 0.717) is 6.61 Å². The highest BCUT2D eigenvalue weighted by molar-refractivity contribution is 5.85. The molecule has 6 heteroatoms. The van der Waals surface area contributed by atoms with Crippen LogP contribution in [0.3, 0.4) is 0 Å². The second-order valence-electron chi connectivity index (χ2n) is 5.44. The number of aromatic nitrogens is 2. The maximum atomic E-state index is 6.09. The van der Waals surface area contributed by atoms with Crippen molar-refractivity contribution in [3.63, 3.8) is 0 Å². The van der Waals surface area contributed by atoms with Crippen molar-refractivity contribution in [1.82, 2.24) is 14.6 Å². The Morgan fingerprint density at radius 2 is 1.56 bits per heavy atom. The summed E-state index contributed by atoms with van der Waals surface area (Å²) in [5.41, 5.74) is 3.02. The molecular formula is C19H25Cl2N3O. The van der Waals surface area contributed by atoms with E-state index in [0.717, 1.165) is 42.1 Å². The first-order valence-corrected chi connectivity index (χ1v) is 8.22. The quantitative estimate of drug-likeness (QED) is 0.610. The highest BCUT2D eigenvalue weighted by Crippen LogP contribution is 2.23. The Labute approximate surface area is 161 Å². The number of nitrogens with zero attached hydrogens (tertiary/aromatic N) is 3. The Bertz CT molecular complexity index is 758. The van der Waals surface area contributed by atoms with Crippen molar-refractivity contribution in [3.8, 4) is 11.4 Å². The third-order valence-electron chi connectivity index (χ3n) is 4.07. The molecular weight excluding hydrogens is 357 g/mol. The lowest BCUT2D eigenvalue weighted by Crippen LogP contribution is -2.30. The van der Waals surface area contributed by atoms with Crippen LogP contribution in [-0.2, 0) is 0 Å². The molecule has 0 saturated carbocycles. The Hall–Kier alpha value is -1.75. The van der Waals surface area contributed by atoms with Crippen LogP contribution < -0.4 is 4.84 Å². The number of hydrogen-bond donors (Lipinski definition) is 0. The second-order valence-corrected chi connectivity index (χ2v) is 5.44. The zero-order chi connectivity index (χ0) is 16.1. The molecule has 0 aliphatic heterocycles. The van der Waals surface area contributed by atoms with E-state index >= 15 is 0 Å². The van der Waals surface area contributed by atoms with Gasteiger partial charge < -0.3 is 9.74 Å². The lowest BCUT2D eigenvalue weighted by molar-refractivity contribution is 0.0985. The number of halogens is 2. The fourth-order valence-electron chi connectivity index (χ4n) is 2.70. The molecule has 0 spiro atoms. The summed E-state index contributed by atoms with van der Waals surface area (Å²) < 4.78 is 1.87. The van der Waals surface area contributed by atoms with Gasteiger partial charge >= 0.3 is 0 Å². The van der Waals surface area contributed by atoms with Crippen LogP contribution in [0, 0.1) is 0 Å². The maximum absolute atomic E-state index is 6.09. The minimum Gasteiger partial charge on any atom is -0.410 e. The van der Waals surface area contributed by atoms with E-state index < -0.39 is 0 Å². The molecule has 1 aromatic heterocycles. The first kappa shape index (κ1) is 21.3. The lowest BCUT2D eigenvalue weighted by atomic mass is 10.2. The molecule has 0 aliphatic rings. The predicted octanol–water partition coefficient (Wildman–Crippen LogP) is 4.32. The minimum atomic E-state index is 0. The van der Waals surface area contributed by atoms with E-state index in [2.05, 4.69) is 30.9 Å².